The Labute approximate surface area is 104 Å². The van der Waals surface area contributed by atoms with Crippen LogP contribution in [0.3, 0.4) is 0 Å². The molecule has 0 spiro atoms. The highest BCUT2D eigenvalue weighted by Gasteiger charge is 2.10. The van der Waals surface area contributed by atoms with Gasteiger partial charge in [0, 0.05) is 12.4 Å². The Kier molecular flexibility index (Phi) is 3.49. The van der Waals surface area contributed by atoms with Crippen molar-refractivity contribution in [1.82, 2.24) is 9.97 Å². The molecule has 0 aliphatic heterocycles. The summed E-state index contributed by atoms with van der Waals surface area (Å²) in [6, 6.07) is 6.93. The number of hydrogen-bond acceptors (Lipinski definition) is 5. The third-order valence-electron chi connectivity index (χ3n) is 2.22. The van der Waals surface area contributed by atoms with Crippen molar-refractivity contribution in [2.24, 2.45) is 5.73 Å². The van der Waals surface area contributed by atoms with E-state index in [1.54, 1.807) is 24.3 Å². The van der Waals surface area contributed by atoms with Crippen LogP contribution in [0.1, 0.15) is 11.3 Å². The van der Waals surface area contributed by atoms with E-state index in [-0.39, 0.29) is 24.0 Å². The zero-order valence-corrected chi connectivity index (χ0v) is 9.50. The van der Waals surface area contributed by atoms with Crippen LogP contribution in [0.5, 0.6) is 11.6 Å². The van der Waals surface area contributed by atoms with Gasteiger partial charge in [-0.25, -0.2) is 9.97 Å². The van der Waals surface area contributed by atoms with Gasteiger partial charge in [0.05, 0.1) is 6.61 Å². The molecule has 1 aromatic carbocycles. The minimum atomic E-state index is -0.212. The van der Waals surface area contributed by atoms with Gasteiger partial charge in [0.2, 0.25) is 5.88 Å². The van der Waals surface area contributed by atoms with Crippen LogP contribution in [0.25, 0.3) is 0 Å². The Balaban J connectivity index is 2.31. The van der Waals surface area contributed by atoms with Crippen LogP contribution in [0.4, 0.5) is 0 Å². The van der Waals surface area contributed by atoms with Gasteiger partial charge in [0.1, 0.15) is 11.6 Å². The number of nitrogens with zero attached hydrogens (tertiary/aromatic N) is 2. The topological polar surface area (TPSA) is 105 Å². The van der Waals surface area contributed by atoms with Gasteiger partial charge in [-0.2, -0.15) is 0 Å². The molecule has 1 aromatic heterocycles. The molecule has 6 nitrogen and oxygen atoms in total. The van der Waals surface area contributed by atoms with E-state index in [2.05, 4.69) is 9.97 Å². The fraction of sp³-hybridized carbons (Fsp3) is 0.0833. The van der Waals surface area contributed by atoms with Crippen molar-refractivity contribution in [3.63, 3.8) is 0 Å². The molecule has 2 aromatic rings. The van der Waals surface area contributed by atoms with E-state index >= 15 is 0 Å². The minimum Gasteiger partial charge on any atom is -0.437 e. The van der Waals surface area contributed by atoms with E-state index in [1.165, 1.54) is 12.4 Å². The largest absolute Gasteiger partial charge is 0.437 e. The number of amidine groups is 1. The molecule has 0 saturated heterocycles. The number of nitrogens with one attached hydrogen (secondary N) is 1. The maximum absolute atomic E-state index is 9.03. The number of aliphatic hydroxyl groups is 1. The molecule has 6 heteroatoms. The third-order valence-corrected chi connectivity index (χ3v) is 2.22. The van der Waals surface area contributed by atoms with Crippen LogP contribution < -0.4 is 10.5 Å². The summed E-state index contributed by atoms with van der Waals surface area (Å²) in [5, 5.41) is 16.4. The maximum Gasteiger partial charge on any atom is 0.249 e. The second-order valence-corrected chi connectivity index (χ2v) is 3.53. The van der Waals surface area contributed by atoms with E-state index < -0.39 is 0 Å². The van der Waals surface area contributed by atoms with Gasteiger partial charge in [-0.3, -0.25) is 5.41 Å². The summed E-state index contributed by atoms with van der Waals surface area (Å²) in [5.74, 6) is 0.459. The molecule has 0 bridgehead atoms. The number of nitrogens with two attached hydrogens (primary N) is 1. The lowest BCUT2D eigenvalue weighted by Crippen LogP contribution is -2.15. The molecule has 0 saturated carbocycles. The summed E-state index contributed by atoms with van der Waals surface area (Å²) in [6.45, 7) is -0.0722. The maximum atomic E-state index is 9.03. The molecule has 4 N–H and O–H groups in total. The van der Waals surface area contributed by atoms with Crippen molar-refractivity contribution in [3.8, 4) is 11.6 Å². The van der Waals surface area contributed by atoms with Crippen LogP contribution in [-0.4, -0.2) is 20.9 Å². The van der Waals surface area contributed by atoms with Crippen LogP contribution in [-0.2, 0) is 6.61 Å². The third kappa shape index (κ3) is 2.61. The first-order valence-electron chi connectivity index (χ1n) is 5.24. The number of ether oxygens (including phenoxy) is 1. The van der Waals surface area contributed by atoms with Crippen molar-refractivity contribution in [1.29, 1.82) is 5.41 Å². The van der Waals surface area contributed by atoms with Gasteiger partial charge in [-0.05, 0) is 17.7 Å². The predicted molar refractivity (Wildman–Crippen MR) is 65.5 cm³/mol. The highest BCUT2D eigenvalue weighted by molar-refractivity contribution is 5.95. The molecular formula is C12H12N4O2. The standard InChI is InChI=1S/C12H12N4O2/c13-11(14)10-12(16-5-4-15-10)18-9-3-1-2-8(6-9)7-17/h1-6,17H,7H2,(H3,13,14). The minimum absolute atomic E-state index is 0.0722. The van der Waals surface area contributed by atoms with Crippen molar-refractivity contribution < 1.29 is 9.84 Å². The molecule has 0 aliphatic rings. The van der Waals surface area contributed by atoms with Gasteiger partial charge in [0.15, 0.2) is 5.69 Å². The van der Waals surface area contributed by atoms with Gasteiger partial charge in [-0.1, -0.05) is 12.1 Å². The SMILES string of the molecule is N=C(N)c1nccnc1Oc1cccc(CO)c1. The fourth-order valence-corrected chi connectivity index (χ4v) is 1.40. The highest BCUT2D eigenvalue weighted by Crippen LogP contribution is 2.22. The average Bonchev–Trinajstić information content (AvgIpc) is 2.39. The smallest absolute Gasteiger partial charge is 0.249 e. The number of hydrogen-bond donors (Lipinski definition) is 3. The Morgan fingerprint density at radius 1 is 1.33 bits per heavy atom. The van der Waals surface area contributed by atoms with Gasteiger partial charge < -0.3 is 15.6 Å². The summed E-state index contributed by atoms with van der Waals surface area (Å²) < 4.78 is 5.51. The molecule has 0 unspecified atom stereocenters. The van der Waals surface area contributed by atoms with Gasteiger partial charge >= 0.3 is 0 Å². The van der Waals surface area contributed by atoms with E-state index in [0.717, 1.165) is 5.56 Å². The van der Waals surface area contributed by atoms with Crippen LogP contribution in [0.2, 0.25) is 0 Å². The molecule has 0 fully saturated rings. The van der Waals surface area contributed by atoms with E-state index in [1.807, 2.05) is 0 Å². The summed E-state index contributed by atoms with van der Waals surface area (Å²) in [6.07, 6.45) is 2.89. The van der Waals surface area contributed by atoms with Crippen LogP contribution >= 0.6 is 0 Å². The first-order valence-corrected chi connectivity index (χ1v) is 5.24. The van der Waals surface area contributed by atoms with Crippen molar-refractivity contribution >= 4 is 5.84 Å². The lowest BCUT2D eigenvalue weighted by molar-refractivity contribution is 0.281. The number of aromatic nitrogens is 2. The van der Waals surface area contributed by atoms with E-state index in [9.17, 15) is 0 Å². The lowest BCUT2D eigenvalue weighted by atomic mass is 10.2. The predicted octanol–water partition coefficient (Wildman–Crippen LogP) is 1.05. The van der Waals surface area contributed by atoms with E-state index in [4.69, 9.17) is 21.0 Å². The second kappa shape index (κ2) is 5.24. The molecule has 1 heterocycles. The average molecular weight is 244 g/mol. The van der Waals surface area contributed by atoms with Gasteiger partial charge in [-0.15, -0.1) is 0 Å². The molecule has 0 radical (unpaired) electrons. The molecule has 0 aliphatic carbocycles. The number of nitrogen functional groups attached to an aromatic ring is 1. The molecule has 0 amide bonds. The lowest BCUT2D eigenvalue weighted by Gasteiger charge is -2.08. The zero-order valence-electron chi connectivity index (χ0n) is 9.50. The normalized spacial score (nSPS) is 10.1. The van der Waals surface area contributed by atoms with Crippen molar-refractivity contribution in [2.75, 3.05) is 0 Å². The van der Waals surface area contributed by atoms with Crippen LogP contribution in [0.15, 0.2) is 36.7 Å². The van der Waals surface area contributed by atoms with Crippen molar-refractivity contribution in [3.05, 3.63) is 47.9 Å². The first kappa shape index (κ1) is 12.0. The molecular weight excluding hydrogens is 232 g/mol. The molecule has 2 rings (SSSR count). The zero-order chi connectivity index (χ0) is 13.0. The number of benzene rings is 1. The summed E-state index contributed by atoms with van der Waals surface area (Å²) >= 11 is 0. The Morgan fingerprint density at radius 2 is 2.11 bits per heavy atom. The first-order chi connectivity index (χ1) is 8.70. The summed E-state index contributed by atoms with van der Waals surface area (Å²) in [4.78, 5) is 7.91. The summed E-state index contributed by atoms with van der Waals surface area (Å²) in [7, 11) is 0. The van der Waals surface area contributed by atoms with E-state index in [0.29, 0.717) is 5.75 Å². The molecule has 92 valence electrons. The fourth-order valence-electron chi connectivity index (χ4n) is 1.40. The number of aliphatic hydroxyl groups excluding tert-OH is 1. The summed E-state index contributed by atoms with van der Waals surface area (Å²) in [5.41, 5.74) is 6.29. The number of rotatable bonds is 4. The second-order valence-electron chi connectivity index (χ2n) is 3.53. The Bertz CT molecular complexity index is 572. The molecule has 0 atom stereocenters. The van der Waals surface area contributed by atoms with Crippen molar-refractivity contribution in [2.45, 2.75) is 6.61 Å². The quantitative estimate of drug-likeness (QED) is 0.550. The Morgan fingerprint density at radius 3 is 2.83 bits per heavy atom. The van der Waals surface area contributed by atoms with Gasteiger partial charge in [0.25, 0.3) is 0 Å². The molecule has 18 heavy (non-hydrogen) atoms. The monoisotopic (exact) mass is 244 g/mol. The highest BCUT2D eigenvalue weighted by atomic mass is 16.5. The van der Waals surface area contributed by atoms with Crippen LogP contribution in [0, 0.1) is 5.41 Å². The Hall–Kier alpha value is -2.47.